The topological polar surface area (TPSA) is 51.6 Å². The van der Waals surface area contributed by atoms with Gasteiger partial charge in [-0.25, -0.2) is 0 Å². The molecule has 48 heavy (non-hydrogen) atoms. The van der Waals surface area contributed by atoms with Gasteiger partial charge in [-0.2, -0.15) is 0 Å². The lowest BCUT2D eigenvalue weighted by atomic mass is 9.85. The standard InChI is InChI=1S/C42H26N4S2/c1-2-7-27(8-3-1)28-9-6-10-29(15-28)30-13-14-37-38(18-30)42(34-17-32(20-44-22-34)40-24-46-26-48-40)36-12-5-4-11-35(36)41(37)33-16-31(19-43-21-33)39-23-45-25-47-39/h1-26H. The highest BCUT2D eigenvalue weighted by Crippen LogP contribution is 2.46. The number of benzene rings is 5. The zero-order chi connectivity index (χ0) is 31.9. The molecule has 5 aromatic carbocycles. The van der Waals surface area contributed by atoms with Crippen LogP contribution < -0.4 is 0 Å². The molecule has 0 radical (unpaired) electrons. The summed E-state index contributed by atoms with van der Waals surface area (Å²) in [5, 5.41) is 4.67. The predicted molar refractivity (Wildman–Crippen MR) is 201 cm³/mol. The molecule has 4 aromatic heterocycles. The van der Waals surface area contributed by atoms with Gasteiger partial charge < -0.3 is 0 Å². The average molecular weight is 651 g/mol. The number of aromatic nitrogens is 4. The predicted octanol–water partition coefficient (Wildman–Crippen LogP) is 11.7. The highest BCUT2D eigenvalue weighted by atomic mass is 32.1. The van der Waals surface area contributed by atoms with Gasteiger partial charge in [0.2, 0.25) is 0 Å². The van der Waals surface area contributed by atoms with Crippen molar-refractivity contribution in [2.75, 3.05) is 0 Å². The fourth-order valence-electron chi connectivity index (χ4n) is 6.63. The molecule has 9 aromatic rings. The number of rotatable bonds is 6. The van der Waals surface area contributed by atoms with Gasteiger partial charge in [-0.15, -0.1) is 22.7 Å². The summed E-state index contributed by atoms with van der Waals surface area (Å²) in [5.74, 6) is 0. The minimum absolute atomic E-state index is 1.06. The summed E-state index contributed by atoms with van der Waals surface area (Å²) < 4.78 is 0. The number of pyridine rings is 2. The smallest absolute Gasteiger partial charge is 0.0797 e. The Morgan fingerprint density at radius 2 is 0.792 bits per heavy atom. The third-order valence-corrected chi connectivity index (χ3v) is 10.5. The van der Waals surface area contributed by atoms with Gasteiger partial charge in [0.25, 0.3) is 0 Å². The van der Waals surface area contributed by atoms with Crippen molar-refractivity contribution in [2.24, 2.45) is 0 Å². The summed E-state index contributed by atoms with van der Waals surface area (Å²) >= 11 is 3.25. The van der Waals surface area contributed by atoms with E-state index in [1.54, 1.807) is 22.7 Å². The maximum Gasteiger partial charge on any atom is 0.0797 e. The maximum atomic E-state index is 4.74. The second-order valence-electron chi connectivity index (χ2n) is 11.7. The Balaban J connectivity index is 1.33. The number of thiazole rings is 2. The molecule has 0 N–H and O–H groups in total. The van der Waals surface area contributed by atoms with Crippen molar-refractivity contribution in [1.29, 1.82) is 0 Å². The van der Waals surface area contributed by atoms with E-state index >= 15 is 0 Å². The lowest BCUT2D eigenvalue weighted by Crippen LogP contribution is -1.93. The maximum absolute atomic E-state index is 4.74. The Morgan fingerprint density at radius 3 is 1.40 bits per heavy atom. The molecule has 0 bridgehead atoms. The van der Waals surface area contributed by atoms with Gasteiger partial charge in [0, 0.05) is 59.4 Å². The molecule has 0 aliphatic heterocycles. The molecule has 4 nitrogen and oxygen atoms in total. The van der Waals surface area contributed by atoms with Crippen molar-refractivity contribution in [1.82, 2.24) is 19.9 Å². The van der Waals surface area contributed by atoms with E-state index in [1.807, 2.05) is 48.2 Å². The molecule has 0 amide bonds. The molecule has 0 aliphatic carbocycles. The van der Waals surface area contributed by atoms with Crippen LogP contribution in [-0.4, -0.2) is 19.9 Å². The third kappa shape index (κ3) is 5.08. The molecule has 4 heterocycles. The van der Waals surface area contributed by atoms with Crippen molar-refractivity contribution in [2.45, 2.75) is 0 Å². The molecule has 0 unspecified atom stereocenters. The first-order valence-corrected chi connectivity index (χ1v) is 17.4. The van der Waals surface area contributed by atoms with E-state index in [0.29, 0.717) is 0 Å². The summed E-state index contributed by atoms with van der Waals surface area (Å²) in [6.45, 7) is 0. The molecule has 226 valence electrons. The van der Waals surface area contributed by atoms with E-state index in [-0.39, 0.29) is 0 Å². The Morgan fingerprint density at radius 1 is 0.312 bits per heavy atom. The molecule has 0 atom stereocenters. The van der Waals surface area contributed by atoms with Crippen molar-refractivity contribution in [3.8, 4) is 65.4 Å². The van der Waals surface area contributed by atoms with Crippen LogP contribution in [0.5, 0.6) is 0 Å². The van der Waals surface area contributed by atoms with E-state index in [9.17, 15) is 0 Å². The van der Waals surface area contributed by atoms with Crippen LogP contribution in [0.1, 0.15) is 0 Å². The Kier molecular flexibility index (Phi) is 7.15. The summed E-state index contributed by atoms with van der Waals surface area (Å²) in [6, 6.07) is 39.4. The van der Waals surface area contributed by atoms with Crippen molar-refractivity contribution >= 4 is 44.2 Å². The van der Waals surface area contributed by atoms with Crippen LogP contribution in [0.15, 0.2) is 157 Å². The minimum atomic E-state index is 1.06. The summed E-state index contributed by atoms with van der Waals surface area (Å²) in [4.78, 5) is 20.3. The van der Waals surface area contributed by atoms with Crippen LogP contribution in [0.2, 0.25) is 0 Å². The van der Waals surface area contributed by atoms with Crippen molar-refractivity contribution < 1.29 is 0 Å². The highest BCUT2D eigenvalue weighted by Gasteiger charge is 2.19. The second kappa shape index (κ2) is 12.1. The van der Waals surface area contributed by atoms with Gasteiger partial charge in [-0.1, -0.05) is 84.9 Å². The Hall–Kier alpha value is -5.82. The first-order chi connectivity index (χ1) is 23.8. The normalized spacial score (nSPS) is 11.3. The number of nitrogens with zero attached hydrogens (tertiary/aromatic N) is 4. The number of fused-ring (bicyclic) bond motifs is 2. The highest BCUT2D eigenvalue weighted by molar-refractivity contribution is 7.13. The van der Waals surface area contributed by atoms with E-state index < -0.39 is 0 Å². The average Bonchev–Trinajstić information content (AvgIpc) is 3.90. The van der Waals surface area contributed by atoms with Crippen LogP contribution >= 0.6 is 22.7 Å². The zero-order valence-corrected chi connectivity index (χ0v) is 27.2. The number of hydrogen-bond donors (Lipinski definition) is 0. The minimum Gasteiger partial charge on any atom is -0.263 e. The Labute approximate surface area is 285 Å². The fourth-order valence-corrected chi connectivity index (χ4v) is 7.84. The fraction of sp³-hybridized carbons (Fsp3) is 0. The monoisotopic (exact) mass is 650 g/mol. The molecule has 0 fully saturated rings. The Bertz CT molecular complexity index is 2560. The van der Waals surface area contributed by atoms with E-state index in [2.05, 4.69) is 119 Å². The van der Waals surface area contributed by atoms with Gasteiger partial charge in [0.15, 0.2) is 0 Å². The van der Waals surface area contributed by atoms with Gasteiger partial charge >= 0.3 is 0 Å². The molecule has 0 aliphatic rings. The summed E-state index contributed by atoms with van der Waals surface area (Å²) in [5.41, 5.74) is 15.1. The molecular weight excluding hydrogens is 625 g/mol. The first-order valence-electron chi connectivity index (χ1n) is 15.6. The molecule has 9 rings (SSSR count). The largest absolute Gasteiger partial charge is 0.263 e. The summed E-state index contributed by atoms with van der Waals surface area (Å²) in [7, 11) is 0. The van der Waals surface area contributed by atoms with Crippen molar-refractivity contribution in [3.63, 3.8) is 0 Å². The SMILES string of the molecule is c1ccc(-c2cccc(-c3ccc4c(-c5cncc(-c6cncs6)c5)c5ccccc5c(-c5cncc(-c6cncs6)c5)c4c3)c2)cc1. The van der Waals surface area contributed by atoms with E-state index in [4.69, 9.17) is 9.97 Å². The number of hydrogen-bond acceptors (Lipinski definition) is 6. The first kappa shape index (κ1) is 28.4. The van der Waals surface area contributed by atoms with Gasteiger partial charge in [0.1, 0.15) is 0 Å². The lowest BCUT2D eigenvalue weighted by molar-refractivity contribution is 1.33. The zero-order valence-electron chi connectivity index (χ0n) is 25.6. The molecule has 6 heteroatoms. The van der Waals surface area contributed by atoms with Gasteiger partial charge in [0.05, 0.1) is 20.8 Å². The van der Waals surface area contributed by atoms with Crippen LogP contribution in [0.3, 0.4) is 0 Å². The van der Waals surface area contributed by atoms with Crippen LogP contribution in [-0.2, 0) is 0 Å². The van der Waals surface area contributed by atoms with Crippen LogP contribution in [0, 0.1) is 0 Å². The molecule has 0 spiro atoms. The molecule has 0 saturated carbocycles. The molecule has 0 saturated heterocycles. The van der Waals surface area contributed by atoms with Crippen LogP contribution in [0.4, 0.5) is 0 Å². The van der Waals surface area contributed by atoms with Crippen molar-refractivity contribution in [3.05, 3.63) is 157 Å². The third-order valence-electron chi connectivity index (χ3n) is 8.81. The van der Waals surface area contributed by atoms with Crippen LogP contribution in [0.25, 0.3) is 86.9 Å². The second-order valence-corrected chi connectivity index (χ2v) is 13.4. The van der Waals surface area contributed by atoms with E-state index in [1.165, 1.54) is 33.0 Å². The quantitative estimate of drug-likeness (QED) is 0.168. The lowest BCUT2D eigenvalue weighted by Gasteiger charge is -2.19. The molecular formula is C42H26N4S2. The van der Waals surface area contributed by atoms with E-state index in [0.717, 1.165) is 53.9 Å². The summed E-state index contributed by atoms with van der Waals surface area (Å²) in [6.07, 6.45) is 11.6. The van der Waals surface area contributed by atoms with Gasteiger partial charge in [-0.3, -0.25) is 19.9 Å². The van der Waals surface area contributed by atoms with Gasteiger partial charge in [-0.05, 0) is 79.2 Å².